The van der Waals surface area contributed by atoms with Crippen molar-refractivity contribution in [1.82, 2.24) is 24.8 Å². The van der Waals surface area contributed by atoms with Crippen molar-refractivity contribution in [3.8, 4) is 11.4 Å². The average Bonchev–Trinajstić information content (AvgIpc) is 3.65. The van der Waals surface area contributed by atoms with E-state index < -0.39 is 0 Å². The number of pyridine rings is 1. The zero-order valence-electron chi connectivity index (χ0n) is 19.5. The minimum atomic E-state index is -0.207. The van der Waals surface area contributed by atoms with Gasteiger partial charge in [-0.2, -0.15) is 0 Å². The van der Waals surface area contributed by atoms with Gasteiger partial charge in [0.2, 0.25) is 0 Å². The van der Waals surface area contributed by atoms with E-state index >= 15 is 0 Å². The molecule has 9 heteroatoms. The monoisotopic (exact) mass is 488 g/mol. The highest BCUT2D eigenvalue weighted by Gasteiger charge is 2.29. The molecule has 5 heterocycles. The quantitative estimate of drug-likeness (QED) is 0.352. The molecule has 0 spiro atoms. The maximum atomic E-state index is 13.1. The lowest BCUT2D eigenvalue weighted by Gasteiger charge is -2.20. The third kappa shape index (κ3) is 4.37. The van der Waals surface area contributed by atoms with Gasteiger partial charge >= 0.3 is 0 Å². The highest BCUT2D eigenvalue weighted by Crippen LogP contribution is 2.30. The van der Waals surface area contributed by atoms with Crippen molar-refractivity contribution in [1.29, 1.82) is 0 Å². The van der Waals surface area contributed by atoms with Crippen LogP contribution in [0.2, 0.25) is 0 Å². The summed E-state index contributed by atoms with van der Waals surface area (Å²) in [6.07, 6.45) is 5.03. The number of hydrogen-bond donors (Lipinski definition) is 3. The second kappa shape index (κ2) is 9.31. The predicted molar refractivity (Wildman–Crippen MR) is 139 cm³/mol. The van der Waals surface area contributed by atoms with E-state index in [-0.39, 0.29) is 11.5 Å². The molecule has 1 saturated heterocycles. The van der Waals surface area contributed by atoms with Gasteiger partial charge in [0.15, 0.2) is 0 Å². The van der Waals surface area contributed by atoms with Crippen LogP contribution >= 0.6 is 11.3 Å². The zero-order chi connectivity index (χ0) is 23.8. The summed E-state index contributed by atoms with van der Waals surface area (Å²) < 4.78 is 0. The van der Waals surface area contributed by atoms with Crippen molar-refractivity contribution in [2.75, 3.05) is 38.0 Å². The lowest BCUT2D eigenvalue weighted by molar-refractivity contribution is 0.0763. The number of amides is 1. The Morgan fingerprint density at radius 1 is 1.11 bits per heavy atom. The van der Waals surface area contributed by atoms with Crippen LogP contribution in [0, 0.1) is 0 Å². The number of H-pyrrole nitrogens is 2. The summed E-state index contributed by atoms with van der Waals surface area (Å²) in [7, 11) is 0. The maximum absolute atomic E-state index is 13.1. The Morgan fingerprint density at radius 2 is 2.00 bits per heavy atom. The first-order valence-electron chi connectivity index (χ1n) is 12.2. The molecular weight excluding hydrogens is 460 g/mol. The van der Waals surface area contributed by atoms with Gasteiger partial charge in [0.05, 0.1) is 16.7 Å². The molecule has 1 amide bonds. The third-order valence-corrected chi connectivity index (χ3v) is 7.87. The number of benzene rings is 1. The molecule has 35 heavy (non-hydrogen) atoms. The lowest BCUT2D eigenvalue weighted by Crippen LogP contribution is -2.33. The summed E-state index contributed by atoms with van der Waals surface area (Å²) in [5, 5.41) is 5.46. The fourth-order valence-electron chi connectivity index (χ4n) is 5.08. The van der Waals surface area contributed by atoms with Gasteiger partial charge in [-0.1, -0.05) is 6.07 Å². The molecule has 1 aromatic carbocycles. The van der Waals surface area contributed by atoms with Gasteiger partial charge in [0.25, 0.3) is 11.5 Å². The molecule has 0 radical (unpaired) electrons. The number of rotatable bonds is 8. The minimum absolute atomic E-state index is 0.0686. The van der Waals surface area contributed by atoms with E-state index in [2.05, 4.69) is 31.6 Å². The molecule has 3 aromatic heterocycles. The first-order valence-corrected chi connectivity index (χ1v) is 13.1. The number of carbonyl (C=O) groups is 1. The smallest absolute Gasteiger partial charge is 0.261 e. The number of aromatic nitrogens is 3. The van der Waals surface area contributed by atoms with Crippen LogP contribution in [-0.2, 0) is 13.0 Å². The van der Waals surface area contributed by atoms with E-state index in [9.17, 15) is 9.59 Å². The van der Waals surface area contributed by atoms with Crippen LogP contribution in [0.5, 0.6) is 0 Å². The topological polar surface area (TPSA) is 97.1 Å². The number of imidazole rings is 1. The molecule has 1 fully saturated rings. The Morgan fingerprint density at radius 3 is 2.83 bits per heavy atom. The number of hydrogen-bond acceptors (Lipinski definition) is 6. The van der Waals surface area contributed by atoms with Gasteiger partial charge in [-0.05, 0) is 67.6 Å². The lowest BCUT2D eigenvalue weighted by atomic mass is 10.1. The van der Waals surface area contributed by atoms with Crippen molar-refractivity contribution in [2.24, 2.45) is 0 Å². The van der Waals surface area contributed by atoms with Crippen molar-refractivity contribution in [2.45, 2.75) is 25.8 Å². The highest BCUT2D eigenvalue weighted by atomic mass is 32.1. The Kier molecular flexibility index (Phi) is 5.87. The highest BCUT2D eigenvalue weighted by molar-refractivity contribution is 7.09. The second-order valence-electron chi connectivity index (χ2n) is 9.24. The number of likely N-dealkylation sites (tertiary alicyclic amines) is 1. The van der Waals surface area contributed by atoms with Crippen molar-refractivity contribution in [3.63, 3.8) is 0 Å². The van der Waals surface area contributed by atoms with Gasteiger partial charge < -0.3 is 25.1 Å². The zero-order valence-corrected chi connectivity index (χ0v) is 20.3. The summed E-state index contributed by atoms with van der Waals surface area (Å²) in [6.45, 7) is 5.28. The second-order valence-corrected chi connectivity index (χ2v) is 10.3. The van der Waals surface area contributed by atoms with Crippen molar-refractivity contribution >= 4 is 34.0 Å². The van der Waals surface area contributed by atoms with Gasteiger partial charge in [-0.3, -0.25) is 9.59 Å². The molecule has 3 N–H and O–H groups in total. The summed E-state index contributed by atoms with van der Waals surface area (Å²) in [5.41, 5.74) is 4.27. The Hall–Kier alpha value is -3.43. The Balaban J connectivity index is 1.23. The van der Waals surface area contributed by atoms with Crippen LogP contribution in [-0.4, -0.2) is 63.4 Å². The van der Waals surface area contributed by atoms with E-state index in [1.807, 2.05) is 29.2 Å². The molecule has 2 aliphatic heterocycles. The summed E-state index contributed by atoms with van der Waals surface area (Å²) in [4.78, 5) is 42.3. The predicted octanol–water partition coefficient (Wildman–Crippen LogP) is 3.69. The number of anilines is 1. The first kappa shape index (κ1) is 22.1. The standard InChI is InChI=1S/C26H28N6O2S/c33-25-23(20(6-8-28-25)27-7-5-18-4-3-13-35-18)24-29-21-14-17-16-32(12-11-31-9-1-2-10-31)26(34)19(17)15-22(21)30-24/h3-4,6,8,13-15H,1-2,5,7,9-12,16H2,(H,29,30)(H2,27,28,33). The summed E-state index contributed by atoms with van der Waals surface area (Å²) >= 11 is 1.72. The number of nitrogens with zero attached hydrogens (tertiary/aromatic N) is 3. The van der Waals surface area contributed by atoms with E-state index in [4.69, 9.17) is 4.98 Å². The van der Waals surface area contributed by atoms with E-state index in [0.717, 1.165) is 49.4 Å². The van der Waals surface area contributed by atoms with Crippen LogP contribution in [0.15, 0.2) is 46.7 Å². The Labute approximate surface area is 207 Å². The van der Waals surface area contributed by atoms with Gasteiger partial charge in [0.1, 0.15) is 11.4 Å². The first-order chi connectivity index (χ1) is 17.2. The maximum Gasteiger partial charge on any atom is 0.261 e. The number of nitrogens with one attached hydrogen (secondary N) is 3. The van der Waals surface area contributed by atoms with E-state index in [1.165, 1.54) is 17.7 Å². The van der Waals surface area contributed by atoms with Crippen molar-refractivity contribution in [3.05, 3.63) is 68.3 Å². The molecular formula is C26H28N6O2S. The van der Waals surface area contributed by atoms with E-state index in [0.29, 0.717) is 35.6 Å². The molecule has 0 aliphatic carbocycles. The van der Waals surface area contributed by atoms with Gasteiger partial charge in [-0.25, -0.2) is 4.98 Å². The third-order valence-electron chi connectivity index (χ3n) is 6.94. The summed E-state index contributed by atoms with van der Waals surface area (Å²) in [5.74, 6) is 0.571. The van der Waals surface area contributed by atoms with Crippen molar-refractivity contribution < 1.29 is 4.79 Å². The molecule has 0 saturated carbocycles. The molecule has 8 nitrogen and oxygen atoms in total. The molecule has 6 rings (SSSR count). The molecule has 0 bridgehead atoms. The largest absolute Gasteiger partial charge is 0.384 e. The summed E-state index contributed by atoms with van der Waals surface area (Å²) in [6, 6.07) is 9.89. The van der Waals surface area contributed by atoms with E-state index in [1.54, 1.807) is 17.5 Å². The van der Waals surface area contributed by atoms with Gasteiger partial charge in [-0.15, -0.1) is 11.3 Å². The van der Waals surface area contributed by atoms with Crippen LogP contribution in [0.4, 0.5) is 5.69 Å². The van der Waals surface area contributed by atoms with Crippen LogP contribution < -0.4 is 10.9 Å². The molecule has 0 unspecified atom stereocenters. The molecule has 2 aliphatic rings. The van der Waals surface area contributed by atoms with Crippen LogP contribution in [0.1, 0.15) is 33.6 Å². The molecule has 0 atom stereocenters. The normalized spacial score (nSPS) is 15.9. The van der Waals surface area contributed by atoms with Gasteiger partial charge in [0, 0.05) is 42.8 Å². The number of thiophene rings is 1. The Bertz CT molecular complexity index is 1420. The number of carbonyl (C=O) groups excluding carboxylic acids is 1. The fraction of sp³-hybridized carbons (Fsp3) is 0.346. The fourth-order valence-corrected chi connectivity index (χ4v) is 5.79. The molecule has 4 aromatic rings. The van der Waals surface area contributed by atoms with Crippen LogP contribution in [0.25, 0.3) is 22.4 Å². The average molecular weight is 489 g/mol. The SMILES string of the molecule is O=C1c2cc3nc(-c4c(NCCc5cccs5)cc[nH]c4=O)[nH]c3cc2CN1CCN1CCCC1. The number of fused-ring (bicyclic) bond motifs is 2. The number of aromatic amines is 2. The van der Waals surface area contributed by atoms with Crippen LogP contribution in [0.3, 0.4) is 0 Å². The minimum Gasteiger partial charge on any atom is -0.384 e. The molecule has 180 valence electrons.